The zero-order chi connectivity index (χ0) is 22.7. The number of likely N-dealkylation sites (tertiary alicyclic amines) is 1. The highest BCUT2D eigenvalue weighted by atomic mass is 32.2. The minimum atomic E-state index is -3.38. The second kappa shape index (κ2) is 9.58. The number of rotatable bonds is 7. The number of ether oxygens (including phenoxy) is 1. The fourth-order valence-electron chi connectivity index (χ4n) is 4.21. The van der Waals surface area contributed by atoms with Crippen LogP contribution in [0.2, 0.25) is 0 Å². The summed E-state index contributed by atoms with van der Waals surface area (Å²) in [6, 6.07) is 15.0. The molecule has 0 spiro atoms. The van der Waals surface area contributed by atoms with E-state index in [4.69, 9.17) is 9.72 Å². The number of benzene rings is 1. The summed E-state index contributed by atoms with van der Waals surface area (Å²) in [5, 5.41) is -0.305. The molecule has 2 heterocycles. The minimum absolute atomic E-state index is 0.244. The monoisotopic (exact) mass is 457 g/mol. The molecule has 1 saturated heterocycles. The summed E-state index contributed by atoms with van der Waals surface area (Å²) in [4.78, 5) is 19.4. The zero-order valence-electron chi connectivity index (χ0n) is 18.6. The molecule has 0 bridgehead atoms. The van der Waals surface area contributed by atoms with Gasteiger partial charge in [-0.25, -0.2) is 17.9 Å². The summed E-state index contributed by atoms with van der Waals surface area (Å²) in [5.41, 5.74) is 2.68. The Morgan fingerprint density at radius 3 is 2.56 bits per heavy atom. The summed E-state index contributed by atoms with van der Waals surface area (Å²) in [7, 11) is -3.38. The number of sulfonamides is 1. The maximum atomic E-state index is 12.9. The summed E-state index contributed by atoms with van der Waals surface area (Å²) in [6.45, 7) is 4.17. The smallest absolute Gasteiger partial charge is 0.410 e. The number of piperidine rings is 1. The SMILES string of the molecule is CC(C)OC(=O)N1CCC[C@@H](NS(=O)(=O)C2CC2)[C@H]1Cc1cccc(-c2ccccc2)n1. The van der Waals surface area contributed by atoms with Crippen molar-refractivity contribution in [2.45, 2.75) is 69.4 Å². The van der Waals surface area contributed by atoms with Gasteiger partial charge in [-0.05, 0) is 51.7 Å². The van der Waals surface area contributed by atoms with E-state index >= 15 is 0 Å². The van der Waals surface area contributed by atoms with Gasteiger partial charge in [0.25, 0.3) is 0 Å². The van der Waals surface area contributed by atoms with Gasteiger partial charge in [-0.3, -0.25) is 4.98 Å². The van der Waals surface area contributed by atoms with Crippen molar-refractivity contribution < 1.29 is 17.9 Å². The van der Waals surface area contributed by atoms with Gasteiger partial charge in [0.1, 0.15) is 0 Å². The number of hydrogen-bond acceptors (Lipinski definition) is 5. The zero-order valence-corrected chi connectivity index (χ0v) is 19.4. The van der Waals surface area contributed by atoms with E-state index in [1.54, 1.807) is 4.90 Å². The highest BCUT2D eigenvalue weighted by Gasteiger charge is 2.42. The summed E-state index contributed by atoms with van der Waals surface area (Å²) >= 11 is 0. The maximum absolute atomic E-state index is 12.9. The molecule has 0 unspecified atom stereocenters. The quantitative estimate of drug-likeness (QED) is 0.684. The third-order valence-electron chi connectivity index (χ3n) is 5.92. The fourth-order valence-corrected chi connectivity index (χ4v) is 5.85. The molecular formula is C24H31N3O4S. The van der Waals surface area contributed by atoms with E-state index in [-0.39, 0.29) is 23.4 Å². The van der Waals surface area contributed by atoms with E-state index in [9.17, 15) is 13.2 Å². The molecule has 2 fully saturated rings. The van der Waals surface area contributed by atoms with Crippen LogP contribution < -0.4 is 4.72 Å². The van der Waals surface area contributed by atoms with Crippen molar-refractivity contribution in [3.8, 4) is 11.3 Å². The van der Waals surface area contributed by atoms with Crippen LogP contribution in [0, 0.1) is 0 Å². The normalized spacial score (nSPS) is 21.5. The Balaban J connectivity index is 1.61. The first-order valence-electron chi connectivity index (χ1n) is 11.3. The van der Waals surface area contributed by atoms with Crippen molar-refractivity contribution in [2.75, 3.05) is 6.54 Å². The van der Waals surface area contributed by atoms with E-state index in [0.29, 0.717) is 32.2 Å². The van der Waals surface area contributed by atoms with Gasteiger partial charge in [-0.1, -0.05) is 36.4 Å². The summed E-state index contributed by atoms with van der Waals surface area (Å²) in [5.74, 6) is 0. The minimum Gasteiger partial charge on any atom is -0.447 e. The van der Waals surface area contributed by atoms with Gasteiger partial charge in [-0.2, -0.15) is 0 Å². The average Bonchev–Trinajstić information content (AvgIpc) is 3.61. The first-order valence-corrected chi connectivity index (χ1v) is 12.9. The first kappa shape index (κ1) is 22.7. The molecule has 1 amide bonds. The number of aromatic nitrogens is 1. The summed E-state index contributed by atoms with van der Waals surface area (Å²) in [6.07, 6.45) is 2.61. The van der Waals surface area contributed by atoms with Crippen LogP contribution in [0.15, 0.2) is 48.5 Å². The second-order valence-corrected chi connectivity index (χ2v) is 10.9. The number of nitrogens with zero attached hydrogens (tertiary/aromatic N) is 2. The Morgan fingerprint density at radius 2 is 1.88 bits per heavy atom. The Kier molecular flexibility index (Phi) is 6.81. The van der Waals surface area contributed by atoms with E-state index in [2.05, 4.69) is 4.72 Å². The Labute approximate surface area is 190 Å². The molecule has 172 valence electrons. The highest BCUT2D eigenvalue weighted by molar-refractivity contribution is 7.90. The molecule has 2 aromatic rings. The molecule has 7 nitrogen and oxygen atoms in total. The predicted octanol–water partition coefficient (Wildman–Crippen LogP) is 3.75. The van der Waals surface area contributed by atoms with Crippen LogP contribution in [-0.2, 0) is 21.2 Å². The number of amides is 1. The number of pyridine rings is 1. The predicted molar refractivity (Wildman–Crippen MR) is 124 cm³/mol. The molecular weight excluding hydrogens is 426 g/mol. The molecule has 8 heteroatoms. The Bertz CT molecular complexity index is 1040. The molecule has 4 rings (SSSR count). The van der Waals surface area contributed by atoms with Crippen molar-refractivity contribution in [3.05, 3.63) is 54.2 Å². The van der Waals surface area contributed by atoms with Gasteiger partial charge in [0, 0.05) is 30.3 Å². The van der Waals surface area contributed by atoms with Crippen molar-refractivity contribution in [1.29, 1.82) is 0 Å². The molecule has 1 saturated carbocycles. The molecule has 1 aromatic carbocycles. The third kappa shape index (κ3) is 5.48. The highest BCUT2D eigenvalue weighted by Crippen LogP contribution is 2.30. The van der Waals surface area contributed by atoms with Crippen LogP contribution >= 0.6 is 0 Å². The van der Waals surface area contributed by atoms with E-state index in [1.165, 1.54) is 0 Å². The molecule has 1 aliphatic heterocycles. The van der Waals surface area contributed by atoms with Gasteiger partial charge < -0.3 is 9.64 Å². The molecule has 0 radical (unpaired) electrons. The van der Waals surface area contributed by atoms with Gasteiger partial charge in [0.15, 0.2) is 0 Å². The lowest BCUT2D eigenvalue weighted by Gasteiger charge is -2.41. The molecule has 2 aliphatic rings. The first-order chi connectivity index (χ1) is 15.3. The average molecular weight is 458 g/mol. The van der Waals surface area contributed by atoms with Crippen LogP contribution in [0.5, 0.6) is 0 Å². The van der Waals surface area contributed by atoms with E-state index in [1.807, 2.05) is 62.4 Å². The van der Waals surface area contributed by atoms with E-state index < -0.39 is 16.1 Å². The van der Waals surface area contributed by atoms with Crippen molar-refractivity contribution in [1.82, 2.24) is 14.6 Å². The largest absolute Gasteiger partial charge is 0.447 e. The van der Waals surface area contributed by atoms with Gasteiger partial charge in [0.05, 0.1) is 23.1 Å². The maximum Gasteiger partial charge on any atom is 0.410 e. The van der Waals surface area contributed by atoms with Crippen molar-refractivity contribution in [2.24, 2.45) is 0 Å². The van der Waals surface area contributed by atoms with Gasteiger partial charge in [-0.15, -0.1) is 0 Å². The van der Waals surface area contributed by atoms with Crippen LogP contribution in [0.25, 0.3) is 11.3 Å². The lowest BCUT2D eigenvalue weighted by atomic mass is 9.93. The number of carbonyl (C=O) groups excluding carboxylic acids is 1. The van der Waals surface area contributed by atoms with Gasteiger partial charge in [0.2, 0.25) is 10.0 Å². The van der Waals surface area contributed by atoms with Gasteiger partial charge >= 0.3 is 6.09 Å². The molecule has 1 aliphatic carbocycles. The summed E-state index contributed by atoms with van der Waals surface area (Å²) < 4.78 is 33.8. The number of hydrogen-bond donors (Lipinski definition) is 1. The Morgan fingerprint density at radius 1 is 1.12 bits per heavy atom. The fraction of sp³-hybridized carbons (Fsp3) is 0.500. The second-order valence-electron chi connectivity index (χ2n) is 8.89. The molecule has 32 heavy (non-hydrogen) atoms. The standard InChI is InChI=1S/C24H31N3O4S/c1-17(2)31-24(28)27-15-7-12-22(26-32(29,30)20-13-14-20)23(27)16-19-10-6-11-21(25-19)18-8-4-3-5-9-18/h3-6,8-11,17,20,22-23,26H,7,12-16H2,1-2H3/t22-,23-/m1/s1. The van der Waals surface area contributed by atoms with Crippen molar-refractivity contribution >= 4 is 16.1 Å². The number of carbonyl (C=O) groups is 1. The van der Waals surface area contributed by atoms with Crippen LogP contribution in [0.4, 0.5) is 4.79 Å². The van der Waals surface area contributed by atoms with Crippen LogP contribution in [0.1, 0.15) is 45.2 Å². The lowest BCUT2D eigenvalue weighted by Crippen LogP contribution is -2.58. The topological polar surface area (TPSA) is 88.6 Å². The number of nitrogens with one attached hydrogen (secondary N) is 1. The van der Waals surface area contributed by atoms with Crippen LogP contribution in [-0.4, -0.2) is 54.4 Å². The lowest BCUT2D eigenvalue weighted by molar-refractivity contribution is 0.0459. The van der Waals surface area contributed by atoms with Crippen LogP contribution in [0.3, 0.4) is 0 Å². The molecule has 1 aromatic heterocycles. The third-order valence-corrected chi connectivity index (χ3v) is 7.90. The molecule has 1 N–H and O–H groups in total. The van der Waals surface area contributed by atoms with E-state index in [0.717, 1.165) is 23.4 Å². The molecule has 2 atom stereocenters. The Hall–Kier alpha value is -2.45. The van der Waals surface area contributed by atoms with Crippen molar-refractivity contribution in [3.63, 3.8) is 0 Å².